The number of aromatic nitrogens is 2. The first-order valence-electron chi connectivity index (χ1n) is 11.0. The minimum atomic E-state index is 0.0494. The van der Waals surface area contributed by atoms with Crippen molar-refractivity contribution in [3.8, 4) is 17.1 Å². The number of rotatable bonds is 7. The second-order valence-electron chi connectivity index (χ2n) is 8.08. The minimum absolute atomic E-state index is 0.0494. The Morgan fingerprint density at radius 2 is 2.06 bits per heavy atom. The summed E-state index contributed by atoms with van der Waals surface area (Å²) >= 11 is 0. The number of unbranched alkanes of at least 4 members (excludes halogenated alkanes) is 1. The van der Waals surface area contributed by atoms with E-state index in [0.717, 1.165) is 42.7 Å². The number of nitrogens with zero attached hydrogens (tertiary/aromatic N) is 3. The van der Waals surface area contributed by atoms with Crippen molar-refractivity contribution in [2.75, 3.05) is 20.2 Å². The lowest BCUT2D eigenvalue weighted by Gasteiger charge is -2.31. The predicted octanol–water partition coefficient (Wildman–Crippen LogP) is 5.11. The average Bonchev–Trinajstić information content (AvgIpc) is 3.33. The summed E-state index contributed by atoms with van der Waals surface area (Å²) in [7, 11) is 1.63. The van der Waals surface area contributed by atoms with Crippen LogP contribution >= 0.6 is 0 Å². The summed E-state index contributed by atoms with van der Waals surface area (Å²) in [5.74, 6) is 2.00. The third kappa shape index (κ3) is 4.95. The van der Waals surface area contributed by atoms with Crippen molar-refractivity contribution in [1.29, 1.82) is 0 Å². The molecule has 1 fully saturated rings. The smallest absolute Gasteiger partial charge is 0.253 e. The third-order valence-electron chi connectivity index (χ3n) is 5.85. The van der Waals surface area contributed by atoms with Gasteiger partial charge < -0.3 is 14.2 Å². The number of hydrogen-bond acceptors (Lipinski definition) is 5. The molecule has 1 amide bonds. The van der Waals surface area contributed by atoms with Gasteiger partial charge in [-0.3, -0.25) is 4.79 Å². The lowest BCUT2D eigenvalue weighted by atomic mass is 9.97. The van der Waals surface area contributed by atoms with E-state index in [1.807, 2.05) is 41.3 Å². The molecular formula is C25H29N3O3. The lowest BCUT2D eigenvalue weighted by molar-refractivity contribution is 0.0695. The molecule has 1 saturated heterocycles. The largest absolute Gasteiger partial charge is 0.497 e. The molecule has 0 saturated carbocycles. The van der Waals surface area contributed by atoms with E-state index in [2.05, 4.69) is 29.2 Å². The van der Waals surface area contributed by atoms with Crippen LogP contribution in [0.2, 0.25) is 0 Å². The van der Waals surface area contributed by atoms with E-state index in [1.54, 1.807) is 7.11 Å². The van der Waals surface area contributed by atoms with Gasteiger partial charge in [0.1, 0.15) is 5.75 Å². The summed E-state index contributed by atoms with van der Waals surface area (Å²) in [4.78, 5) is 19.6. The molecule has 6 nitrogen and oxygen atoms in total. The van der Waals surface area contributed by atoms with E-state index in [0.29, 0.717) is 18.3 Å². The lowest BCUT2D eigenvalue weighted by Crippen LogP contribution is -2.39. The first kappa shape index (κ1) is 21.1. The van der Waals surface area contributed by atoms with Gasteiger partial charge in [-0.2, -0.15) is 4.98 Å². The summed E-state index contributed by atoms with van der Waals surface area (Å²) < 4.78 is 10.9. The number of carbonyl (C=O) groups is 1. The maximum Gasteiger partial charge on any atom is 0.253 e. The van der Waals surface area contributed by atoms with Crippen molar-refractivity contribution in [1.82, 2.24) is 15.0 Å². The number of amides is 1. The Labute approximate surface area is 183 Å². The SMILES string of the molecule is CCCCc1ccc(C(=O)N2CCCC(c3nc(-c4cccc(OC)c4)no3)C2)cc1. The predicted molar refractivity (Wildman–Crippen MR) is 119 cm³/mol. The van der Waals surface area contributed by atoms with Crippen LogP contribution < -0.4 is 4.74 Å². The second kappa shape index (κ2) is 9.77. The van der Waals surface area contributed by atoms with E-state index in [-0.39, 0.29) is 11.8 Å². The van der Waals surface area contributed by atoms with Crippen LogP contribution in [-0.4, -0.2) is 41.1 Å². The molecule has 0 spiro atoms. The Morgan fingerprint density at radius 1 is 1.23 bits per heavy atom. The van der Waals surface area contributed by atoms with Gasteiger partial charge in [-0.15, -0.1) is 0 Å². The maximum absolute atomic E-state index is 13.0. The van der Waals surface area contributed by atoms with Crippen molar-refractivity contribution >= 4 is 5.91 Å². The molecule has 162 valence electrons. The van der Waals surface area contributed by atoms with Crippen molar-refractivity contribution in [2.45, 2.75) is 44.9 Å². The molecule has 0 bridgehead atoms. The quantitative estimate of drug-likeness (QED) is 0.532. The number of methoxy groups -OCH3 is 1. The third-order valence-corrected chi connectivity index (χ3v) is 5.85. The van der Waals surface area contributed by atoms with Crippen LogP contribution in [0.25, 0.3) is 11.4 Å². The maximum atomic E-state index is 13.0. The number of piperidine rings is 1. The molecular weight excluding hydrogens is 390 g/mol. The number of likely N-dealkylation sites (tertiary alicyclic amines) is 1. The van der Waals surface area contributed by atoms with Gasteiger partial charge in [0.25, 0.3) is 5.91 Å². The van der Waals surface area contributed by atoms with Gasteiger partial charge in [0.05, 0.1) is 13.0 Å². The first-order chi connectivity index (χ1) is 15.2. The van der Waals surface area contributed by atoms with E-state index in [4.69, 9.17) is 9.26 Å². The van der Waals surface area contributed by atoms with Crippen molar-refractivity contribution in [2.24, 2.45) is 0 Å². The van der Waals surface area contributed by atoms with Crippen LogP contribution in [0.15, 0.2) is 53.1 Å². The van der Waals surface area contributed by atoms with E-state index < -0.39 is 0 Å². The zero-order valence-electron chi connectivity index (χ0n) is 18.2. The Kier molecular flexibility index (Phi) is 6.65. The molecule has 31 heavy (non-hydrogen) atoms. The van der Waals surface area contributed by atoms with Crippen molar-refractivity contribution < 1.29 is 14.1 Å². The van der Waals surface area contributed by atoms with Crippen LogP contribution in [-0.2, 0) is 6.42 Å². The van der Waals surface area contributed by atoms with Crippen LogP contribution in [0.4, 0.5) is 0 Å². The number of ether oxygens (including phenoxy) is 1. The van der Waals surface area contributed by atoms with Gasteiger partial charge in [-0.1, -0.05) is 42.8 Å². The Balaban J connectivity index is 1.44. The molecule has 1 atom stereocenters. The molecule has 1 unspecified atom stereocenters. The van der Waals surface area contributed by atoms with Gasteiger partial charge in [-0.05, 0) is 55.5 Å². The molecule has 1 aliphatic heterocycles. The number of aryl methyl sites for hydroxylation is 1. The summed E-state index contributed by atoms with van der Waals surface area (Å²) in [5, 5.41) is 4.15. The molecule has 0 radical (unpaired) electrons. The van der Waals surface area contributed by atoms with Crippen LogP contribution in [0.1, 0.15) is 60.3 Å². The van der Waals surface area contributed by atoms with Gasteiger partial charge in [0.15, 0.2) is 0 Å². The van der Waals surface area contributed by atoms with Gasteiger partial charge >= 0.3 is 0 Å². The normalized spacial score (nSPS) is 16.3. The van der Waals surface area contributed by atoms with E-state index in [9.17, 15) is 4.79 Å². The van der Waals surface area contributed by atoms with Crippen molar-refractivity contribution in [3.63, 3.8) is 0 Å². The highest BCUT2D eigenvalue weighted by Gasteiger charge is 2.29. The highest BCUT2D eigenvalue weighted by Crippen LogP contribution is 2.29. The molecule has 2 aromatic carbocycles. The molecule has 3 aromatic rings. The number of benzene rings is 2. The average molecular weight is 420 g/mol. The number of hydrogen-bond donors (Lipinski definition) is 0. The summed E-state index contributed by atoms with van der Waals surface area (Å²) in [6.07, 6.45) is 5.25. The van der Waals surface area contributed by atoms with E-state index in [1.165, 1.54) is 18.4 Å². The standard InChI is InChI=1S/C25H29N3O3/c1-3-4-7-18-11-13-19(14-12-18)25(29)28-15-6-9-21(17-28)24-26-23(27-31-24)20-8-5-10-22(16-20)30-2/h5,8,10-14,16,21H,3-4,6-7,9,15,17H2,1-2H3. The number of carbonyl (C=O) groups excluding carboxylic acids is 1. The zero-order valence-corrected chi connectivity index (χ0v) is 18.2. The molecule has 4 rings (SSSR count). The Morgan fingerprint density at radius 3 is 2.84 bits per heavy atom. The second-order valence-corrected chi connectivity index (χ2v) is 8.08. The van der Waals surface area contributed by atoms with E-state index >= 15 is 0 Å². The Bertz CT molecular complexity index is 1010. The monoisotopic (exact) mass is 419 g/mol. The molecule has 1 aliphatic rings. The highest BCUT2D eigenvalue weighted by atomic mass is 16.5. The fourth-order valence-corrected chi connectivity index (χ4v) is 4.02. The highest BCUT2D eigenvalue weighted by molar-refractivity contribution is 5.94. The van der Waals surface area contributed by atoms with Crippen LogP contribution in [0.3, 0.4) is 0 Å². The summed E-state index contributed by atoms with van der Waals surface area (Å²) in [5.41, 5.74) is 2.87. The summed E-state index contributed by atoms with van der Waals surface area (Å²) in [6.45, 7) is 3.54. The van der Waals surface area contributed by atoms with Gasteiger partial charge in [0, 0.05) is 24.2 Å². The molecule has 2 heterocycles. The van der Waals surface area contributed by atoms with Gasteiger partial charge in [-0.25, -0.2) is 0 Å². The van der Waals surface area contributed by atoms with Crippen molar-refractivity contribution in [3.05, 3.63) is 65.5 Å². The fourth-order valence-electron chi connectivity index (χ4n) is 4.02. The fraction of sp³-hybridized carbons (Fsp3) is 0.400. The topological polar surface area (TPSA) is 68.5 Å². The van der Waals surface area contributed by atoms with Gasteiger partial charge in [0.2, 0.25) is 11.7 Å². The Hall–Kier alpha value is -3.15. The molecule has 0 aliphatic carbocycles. The zero-order chi connectivity index (χ0) is 21.6. The minimum Gasteiger partial charge on any atom is -0.497 e. The first-order valence-corrected chi connectivity index (χ1v) is 11.0. The van der Waals surface area contributed by atoms with Crippen LogP contribution in [0, 0.1) is 0 Å². The van der Waals surface area contributed by atoms with Crippen LogP contribution in [0.5, 0.6) is 5.75 Å². The molecule has 1 aromatic heterocycles. The molecule has 0 N–H and O–H groups in total. The molecule has 6 heteroatoms. The summed E-state index contributed by atoms with van der Waals surface area (Å²) in [6, 6.07) is 15.6.